The van der Waals surface area contributed by atoms with Crippen molar-refractivity contribution in [3.63, 3.8) is 0 Å². The van der Waals surface area contributed by atoms with Gasteiger partial charge in [-0.05, 0) is 43.4 Å². The summed E-state index contributed by atoms with van der Waals surface area (Å²) >= 11 is 0. The molecule has 9 nitrogen and oxygen atoms in total. The number of carbonyl (C=O) groups is 1. The number of carbonyl (C=O) groups excluding carboxylic acids is 1. The first-order valence-electron chi connectivity index (χ1n) is 8.80. The van der Waals surface area contributed by atoms with Crippen LogP contribution in [0.1, 0.15) is 10.4 Å². The summed E-state index contributed by atoms with van der Waals surface area (Å²) in [7, 11) is -5.69. The third-order valence-electron chi connectivity index (χ3n) is 4.62. The molecule has 3 N–H and O–H groups in total. The number of piperazine rings is 1. The van der Waals surface area contributed by atoms with Crippen LogP contribution in [-0.2, 0) is 20.0 Å². The van der Waals surface area contributed by atoms with Crippen LogP contribution >= 0.6 is 0 Å². The van der Waals surface area contributed by atoms with Crippen molar-refractivity contribution in [3.05, 3.63) is 54.1 Å². The first-order chi connectivity index (χ1) is 13.6. The molecule has 0 radical (unpaired) electrons. The number of rotatable bonds is 5. The topological polar surface area (TPSA) is 130 Å². The highest BCUT2D eigenvalue weighted by molar-refractivity contribution is 7.89. The monoisotopic (exact) mass is 438 g/mol. The molecular formula is C18H22N4O5S2. The molecule has 0 saturated carbocycles. The number of nitrogens with one attached hydrogen (secondary N) is 1. The number of likely N-dealkylation sites (N-methyl/N-ethyl adjacent to an activating group) is 1. The summed E-state index contributed by atoms with van der Waals surface area (Å²) in [6.07, 6.45) is 0. The Bertz CT molecular complexity index is 1120. The number of benzene rings is 2. The molecule has 2 aromatic carbocycles. The van der Waals surface area contributed by atoms with Gasteiger partial charge in [-0.15, -0.1) is 0 Å². The second kappa shape index (κ2) is 8.20. The normalized spacial score (nSPS) is 16.5. The van der Waals surface area contributed by atoms with Crippen molar-refractivity contribution in [2.75, 3.05) is 38.5 Å². The highest BCUT2D eigenvalue weighted by Gasteiger charge is 2.28. The second-order valence-corrected chi connectivity index (χ2v) is 10.3. The van der Waals surface area contributed by atoms with Crippen LogP contribution in [0.5, 0.6) is 0 Å². The third kappa shape index (κ3) is 5.00. The molecule has 0 unspecified atom stereocenters. The van der Waals surface area contributed by atoms with Gasteiger partial charge in [-0.3, -0.25) is 4.79 Å². The minimum atomic E-state index is -3.91. The molecule has 3 rings (SSSR count). The molecule has 1 heterocycles. The van der Waals surface area contributed by atoms with E-state index in [4.69, 9.17) is 5.14 Å². The van der Waals surface area contributed by atoms with Crippen molar-refractivity contribution in [1.29, 1.82) is 0 Å². The van der Waals surface area contributed by atoms with Crippen LogP contribution in [0.4, 0.5) is 5.69 Å². The summed E-state index contributed by atoms with van der Waals surface area (Å²) in [6, 6.07) is 11.3. The van der Waals surface area contributed by atoms with Crippen molar-refractivity contribution in [1.82, 2.24) is 9.21 Å². The van der Waals surface area contributed by atoms with Crippen molar-refractivity contribution < 1.29 is 21.6 Å². The van der Waals surface area contributed by atoms with E-state index in [9.17, 15) is 21.6 Å². The summed E-state index contributed by atoms with van der Waals surface area (Å²) in [4.78, 5) is 14.5. The highest BCUT2D eigenvalue weighted by Crippen LogP contribution is 2.20. The maximum Gasteiger partial charge on any atom is 0.255 e. The van der Waals surface area contributed by atoms with Crippen molar-refractivity contribution in [3.8, 4) is 0 Å². The van der Waals surface area contributed by atoms with Crippen LogP contribution in [0.2, 0.25) is 0 Å². The maximum absolute atomic E-state index is 12.9. The van der Waals surface area contributed by atoms with E-state index < -0.39 is 26.0 Å². The largest absolute Gasteiger partial charge is 0.322 e. The molecule has 0 bridgehead atoms. The Morgan fingerprint density at radius 2 is 1.55 bits per heavy atom. The number of hydrogen-bond acceptors (Lipinski definition) is 6. The van der Waals surface area contributed by atoms with Crippen molar-refractivity contribution in [2.24, 2.45) is 5.14 Å². The molecule has 1 fully saturated rings. The average molecular weight is 439 g/mol. The molecule has 0 spiro atoms. The SMILES string of the molecule is CN1CCN(S(=O)(=O)c2cccc(C(=O)Nc3cccc(S(N)(=O)=O)c3)c2)CC1. The van der Waals surface area contributed by atoms with Gasteiger partial charge in [-0.25, -0.2) is 22.0 Å². The molecule has 11 heteroatoms. The van der Waals surface area contributed by atoms with E-state index >= 15 is 0 Å². The zero-order valence-corrected chi connectivity index (χ0v) is 17.4. The van der Waals surface area contributed by atoms with E-state index in [0.29, 0.717) is 26.2 Å². The molecule has 1 aliphatic heterocycles. The van der Waals surface area contributed by atoms with Gasteiger partial charge in [0.2, 0.25) is 20.0 Å². The number of sulfonamides is 2. The lowest BCUT2D eigenvalue weighted by molar-refractivity contribution is 0.102. The van der Waals surface area contributed by atoms with Crippen molar-refractivity contribution in [2.45, 2.75) is 9.79 Å². The predicted octanol–water partition coefficient (Wildman–Crippen LogP) is 0.522. The predicted molar refractivity (Wildman–Crippen MR) is 108 cm³/mol. The standard InChI is InChI=1S/C18H22N4O5S2/c1-21-8-10-22(11-9-21)29(26,27)17-7-2-4-14(12-17)18(23)20-15-5-3-6-16(13-15)28(19,24)25/h2-7,12-13H,8-11H2,1H3,(H,20,23)(H2,19,24,25). The summed E-state index contributed by atoms with van der Waals surface area (Å²) in [5.41, 5.74) is 0.370. The summed E-state index contributed by atoms with van der Waals surface area (Å²) < 4.78 is 50.1. The molecule has 0 aromatic heterocycles. The van der Waals surface area contributed by atoms with Crippen molar-refractivity contribution >= 4 is 31.6 Å². The molecule has 1 saturated heterocycles. The lowest BCUT2D eigenvalue weighted by atomic mass is 10.2. The fraction of sp³-hybridized carbons (Fsp3) is 0.278. The number of nitrogens with zero attached hydrogens (tertiary/aromatic N) is 2. The number of amides is 1. The zero-order chi connectivity index (χ0) is 21.2. The average Bonchev–Trinajstić information content (AvgIpc) is 2.68. The Kier molecular flexibility index (Phi) is 6.05. The van der Waals surface area contributed by atoms with Gasteiger partial charge in [0.15, 0.2) is 0 Å². The summed E-state index contributed by atoms with van der Waals surface area (Å²) in [6.45, 7) is 2.05. The van der Waals surface area contributed by atoms with E-state index in [2.05, 4.69) is 5.32 Å². The Labute approximate surface area is 170 Å². The van der Waals surface area contributed by atoms with Gasteiger partial charge in [-0.1, -0.05) is 12.1 Å². The van der Waals surface area contributed by atoms with Gasteiger partial charge in [0, 0.05) is 37.4 Å². The quantitative estimate of drug-likeness (QED) is 0.700. The fourth-order valence-corrected chi connectivity index (χ4v) is 4.96. The summed E-state index contributed by atoms with van der Waals surface area (Å²) in [5.74, 6) is -0.563. The second-order valence-electron chi connectivity index (χ2n) is 6.76. The van der Waals surface area contributed by atoms with Crippen LogP contribution in [0.25, 0.3) is 0 Å². The first-order valence-corrected chi connectivity index (χ1v) is 11.8. The van der Waals surface area contributed by atoms with Crippen LogP contribution in [0, 0.1) is 0 Å². The van der Waals surface area contributed by atoms with Gasteiger partial charge < -0.3 is 10.2 Å². The number of nitrogens with two attached hydrogens (primary N) is 1. The van der Waals surface area contributed by atoms with Gasteiger partial charge in [0.25, 0.3) is 5.91 Å². The molecular weight excluding hydrogens is 416 g/mol. The van der Waals surface area contributed by atoms with E-state index in [1.165, 1.54) is 52.8 Å². The Morgan fingerprint density at radius 3 is 2.21 bits per heavy atom. The molecule has 29 heavy (non-hydrogen) atoms. The van der Waals surface area contributed by atoms with Gasteiger partial charge >= 0.3 is 0 Å². The minimum Gasteiger partial charge on any atom is -0.322 e. The van der Waals surface area contributed by atoms with E-state index in [1.54, 1.807) is 0 Å². The highest BCUT2D eigenvalue weighted by atomic mass is 32.2. The van der Waals surface area contributed by atoms with Gasteiger partial charge in [0.1, 0.15) is 0 Å². The van der Waals surface area contributed by atoms with Crippen LogP contribution in [0.15, 0.2) is 58.3 Å². The molecule has 0 aliphatic carbocycles. The van der Waals surface area contributed by atoms with E-state index in [-0.39, 0.29) is 21.0 Å². The molecule has 2 aromatic rings. The third-order valence-corrected chi connectivity index (χ3v) is 7.42. The van der Waals surface area contributed by atoms with Gasteiger partial charge in [0.05, 0.1) is 9.79 Å². The zero-order valence-electron chi connectivity index (χ0n) is 15.8. The van der Waals surface area contributed by atoms with E-state index in [0.717, 1.165) is 0 Å². The Balaban J connectivity index is 1.81. The van der Waals surface area contributed by atoms with Crippen LogP contribution in [-0.4, -0.2) is 65.2 Å². The number of primary sulfonamides is 1. The first kappa shape index (κ1) is 21.4. The lowest BCUT2D eigenvalue weighted by Gasteiger charge is -2.31. The molecule has 1 aliphatic rings. The Morgan fingerprint density at radius 1 is 0.931 bits per heavy atom. The summed E-state index contributed by atoms with van der Waals surface area (Å²) in [5, 5.41) is 7.66. The van der Waals surface area contributed by atoms with Crippen LogP contribution in [0.3, 0.4) is 0 Å². The minimum absolute atomic E-state index is 0.0352. The van der Waals surface area contributed by atoms with E-state index in [1.807, 2.05) is 11.9 Å². The van der Waals surface area contributed by atoms with Gasteiger partial charge in [-0.2, -0.15) is 4.31 Å². The molecule has 1 amide bonds. The fourth-order valence-electron chi connectivity index (χ4n) is 2.93. The Hall–Kier alpha value is -2.31. The number of anilines is 1. The molecule has 0 atom stereocenters. The molecule has 156 valence electrons. The van der Waals surface area contributed by atoms with Crippen LogP contribution < -0.4 is 10.5 Å². The smallest absolute Gasteiger partial charge is 0.255 e. The maximum atomic E-state index is 12.9. The lowest BCUT2D eigenvalue weighted by Crippen LogP contribution is -2.47. The number of hydrogen-bond donors (Lipinski definition) is 2.